The molecule has 1 fully saturated rings. The number of ether oxygens (including phenoxy) is 2. The third-order valence-electron chi connectivity index (χ3n) is 4.36. The van der Waals surface area contributed by atoms with E-state index in [2.05, 4.69) is 15.6 Å². The van der Waals surface area contributed by atoms with Crippen LogP contribution < -0.4 is 20.1 Å². The molecular formula is C20H32N4O3. The lowest BCUT2D eigenvalue weighted by Gasteiger charge is -2.16. The fourth-order valence-corrected chi connectivity index (χ4v) is 3.01. The van der Waals surface area contributed by atoms with Gasteiger partial charge in [-0.3, -0.25) is 4.79 Å². The number of hydrogen-bond donors (Lipinski definition) is 2. The zero-order valence-electron chi connectivity index (χ0n) is 16.7. The fourth-order valence-electron chi connectivity index (χ4n) is 3.01. The van der Waals surface area contributed by atoms with E-state index in [0.717, 1.165) is 62.0 Å². The summed E-state index contributed by atoms with van der Waals surface area (Å²) < 4.78 is 10.9. The number of hydrogen-bond acceptors (Lipinski definition) is 4. The first kappa shape index (κ1) is 20.9. The van der Waals surface area contributed by atoms with Crippen LogP contribution in [0.25, 0.3) is 0 Å². The summed E-state index contributed by atoms with van der Waals surface area (Å²) in [5.74, 6) is 2.52. The van der Waals surface area contributed by atoms with E-state index >= 15 is 0 Å². The van der Waals surface area contributed by atoms with Crippen molar-refractivity contribution in [1.82, 2.24) is 15.5 Å². The van der Waals surface area contributed by atoms with Crippen molar-refractivity contribution in [3.05, 3.63) is 23.8 Å². The van der Waals surface area contributed by atoms with Gasteiger partial charge in [0.15, 0.2) is 17.5 Å². The first-order chi connectivity index (χ1) is 13.2. The number of likely N-dealkylation sites (tertiary alicyclic amines) is 1. The van der Waals surface area contributed by atoms with Crippen LogP contribution in [0.4, 0.5) is 0 Å². The van der Waals surface area contributed by atoms with Gasteiger partial charge in [0, 0.05) is 32.6 Å². The lowest BCUT2D eigenvalue weighted by atomic mass is 10.2. The Morgan fingerprint density at radius 2 is 2.11 bits per heavy atom. The first-order valence-electron chi connectivity index (χ1n) is 9.77. The molecule has 0 aliphatic carbocycles. The van der Waals surface area contributed by atoms with Crippen LogP contribution in [0.3, 0.4) is 0 Å². The predicted octanol–water partition coefficient (Wildman–Crippen LogP) is 2.16. The van der Waals surface area contributed by atoms with E-state index in [4.69, 9.17) is 9.47 Å². The van der Waals surface area contributed by atoms with E-state index in [-0.39, 0.29) is 5.91 Å². The number of carbonyl (C=O) groups is 1. The molecule has 7 heteroatoms. The van der Waals surface area contributed by atoms with Crippen molar-refractivity contribution in [3.8, 4) is 11.5 Å². The second-order valence-electron chi connectivity index (χ2n) is 6.38. The molecule has 1 amide bonds. The maximum atomic E-state index is 11.6. The van der Waals surface area contributed by atoms with Gasteiger partial charge in [-0.1, -0.05) is 6.07 Å². The predicted molar refractivity (Wildman–Crippen MR) is 107 cm³/mol. The number of benzene rings is 1. The normalized spacial score (nSPS) is 14.4. The molecule has 0 unspecified atom stereocenters. The van der Waals surface area contributed by atoms with Crippen LogP contribution in [0.2, 0.25) is 0 Å². The number of nitrogens with zero attached hydrogens (tertiary/aromatic N) is 2. The van der Waals surface area contributed by atoms with Crippen LogP contribution in [0.5, 0.6) is 11.5 Å². The van der Waals surface area contributed by atoms with E-state index in [1.165, 1.54) is 0 Å². The second kappa shape index (κ2) is 11.3. The molecule has 27 heavy (non-hydrogen) atoms. The topological polar surface area (TPSA) is 75.2 Å². The Hall–Kier alpha value is -2.44. The number of methoxy groups -OCH3 is 1. The number of nitrogens with one attached hydrogen (secondary N) is 2. The standard InChI is InChI=1S/C20H32N4O3/c1-4-21-20(22-11-7-13-24-12-6-8-19(24)25)23-15-16-9-10-17(27-5-2)18(14-16)26-3/h9-10,14H,4-8,11-13,15H2,1-3H3,(H2,21,22,23). The van der Waals surface area contributed by atoms with Crippen LogP contribution in [-0.2, 0) is 11.3 Å². The highest BCUT2D eigenvalue weighted by atomic mass is 16.5. The quantitative estimate of drug-likeness (QED) is 0.372. The highest BCUT2D eigenvalue weighted by Gasteiger charge is 2.18. The van der Waals surface area contributed by atoms with Gasteiger partial charge in [0.1, 0.15) is 0 Å². The molecule has 0 radical (unpaired) electrons. The average Bonchev–Trinajstić information content (AvgIpc) is 3.09. The Bertz CT molecular complexity index is 634. The van der Waals surface area contributed by atoms with Crippen LogP contribution in [-0.4, -0.2) is 56.7 Å². The maximum absolute atomic E-state index is 11.6. The van der Waals surface area contributed by atoms with E-state index in [0.29, 0.717) is 19.6 Å². The summed E-state index contributed by atoms with van der Waals surface area (Å²) in [6, 6.07) is 5.87. The molecule has 0 atom stereocenters. The summed E-state index contributed by atoms with van der Waals surface area (Å²) in [5.41, 5.74) is 1.05. The molecule has 150 valence electrons. The van der Waals surface area contributed by atoms with Crippen molar-refractivity contribution >= 4 is 11.9 Å². The molecule has 2 rings (SSSR count). The van der Waals surface area contributed by atoms with Gasteiger partial charge in [-0.05, 0) is 44.4 Å². The summed E-state index contributed by atoms with van der Waals surface area (Å²) in [5, 5.41) is 6.59. The largest absolute Gasteiger partial charge is 0.493 e. The number of rotatable bonds is 10. The molecule has 1 aromatic rings. The minimum absolute atomic E-state index is 0.278. The smallest absolute Gasteiger partial charge is 0.222 e. The zero-order valence-corrected chi connectivity index (χ0v) is 16.7. The summed E-state index contributed by atoms with van der Waals surface area (Å²) in [6.45, 7) is 8.42. The third-order valence-corrected chi connectivity index (χ3v) is 4.36. The van der Waals surface area contributed by atoms with Crippen molar-refractivity contribution in [2.75, 3.05) is 39.9 Å². The molecular weight excluding hydrogens is 344 g/mol. The molecule has 1 saturated heterocycles. The summed E-state index contributed by atoms with van der Waals surface area (Å²) >= 11 is 0. The van der Waals surface area contributed by atoms with Gasteiger partial charge < -0.3 is 25.0 Å². The van der Waals surface area contributed by atoms with Gasteiger partial charge in [0.25, 0.3) is 0 Å². The fraction of sp³-hybridized carbons (Fsp3) is 0.600. The minimum atomic E-state index is 0.278. The van der Waals surface area contributed by atoms with Gasteiger partial charge in [-0.2, -0.15) is 0 Å². The molecule has 2 N–H and O–H groups in total. The Balaban J connectivity index is 1.85. The Kier molecular flexibility index (Phi) is 8.74. The SMILES string of the molecule is CCNC(=NCc1ccc(OCC)c(OC)c1)NCCCN1CCCC1=O. The van der Waals surface area contributed by atoms with Crippen LogP contribution in [0, 0.1) is 0 Å². The van der Waals surface area contributed by atoms with Gasteiger partial charge in [0.05, 0.1) is 20.3 Å². The molecule has 7 nitrogen and oxygen atoms in total. The molecule has 1 aliphatic rings. The van der Waals surface area contributed by atoms with E-state index in [1.807, 2.05) is 36.9 Å². The molecule has 0 saturated carbocycles. The molecule has 1 aliphatic heterocycles. The maximum Gasteiger partial charge on any atom is 0.222 e. The lowest BCUT2D eigenvalue weighted by Crippen LogP contribution is -2.39. The number of guanidine groups is 1. The molecule has 0 aromatic heterocycles. The third kappa shape index (κ3) is 6.66. The Morgan fingerprint density at radius 1 is 1.26 bits per heavy atom. The zero-order chi connectivity index (χ0) is 19.5. The summed E-state index contributed by atoms with van der Waals surface area (Å²) in [7, 11) is 1.64. The molecule has 0 bridgehead atoms. The number of aliphatic imine (C=N–C) groups is 1. The van der Waals surface area contributed by atoms with Gasteiger partial charge in [-0.25, -0.2) is 4.99 Å². The van der Waals surface area contributed by atoms with E-state index < -0.39 is 0 Å². The Morgan fingerprint density at radius 3 is 2.78 bits per heavy atom. The van der Waals surface area contributed by atoms with Crippen LogP contribution in [0.15, 0.2) is 23.2 Å². The van der Waals surface area contributed by atoms with Crippen molar-refractivity contribution < 1.29 is 14.3 Å². The molecule has 1 aromatic carbocycles. The van der Waals surface area contributed by atoms with Crippen molar-refractivity contribution in [2.45, 2.75) is 39.7 Å². The lowest BCUT2D eigenvalue weighted by molar-refractivity contribution is -0.127. The van der Waals surface area contributed by atoms with Gasteiger partial charge >= 0.3 is 0 Å². The molecule has 0 spiro atoms. The van der Waals surface area contributed by atoms with Crippen molar-refractivity contribution in [1.29, 1.82) is 0 Å². The highest BCUT2D eigenvalue weighted by molar-refractivity contribution is 5.80. The van der Waals surface area contributed by atoms with Crippen LogP contribution in [0.1, 0.15) is 38.7 Å². The number of amides is 1. The summed E-state index contributed by atoms with van der Waals surface area (Å²) in [4.78, 5) is 18.2. The van der Waals surface area contributed by atoms with Crippen LogP contribution >= 0.6 is 0 Å². The van der Waals surface area contributed by atoms with Crippen molar-refractivity contribution in [2.24, 2.45) is 4.99 Å². The van der Waals surface area contributed by atoms with Crippen molar-refractivity contribution in [3.63, 3.8) is 0 Å². The monoisotopic (exact) mass is 376 g/mol. The minimum Gasteiger partial charge on any atom is -0.493 e. The van der Waals surface area contributed by atoms with Gasteiger partial charge in [0.2, 0.25) is 5.91 Å². The van der Waals surface area contributed by atoms with E-state index in [9.17, 15) is 4.79 Å². The highest BCUT2D eigenvalue weighted by Crippen LogP contribution is 2.28. The first-order valence-corrected chi connectivity index (χ1v) is 9.77. The molecule has 1 heterocycles. The average molecular weight is 377 g/mol. The van der Waals surface area contributed by atoms with E-state index in [1.54, 1.807) is 7.11 Å². The number of carbonyl (C=O) groups excluding carboxylic acids is 1. The van der Waals surface area contributed by atoms with Gasteiger partial charge in [-0.15, -0.1) is 0 Å². The second-order valence-corrected chi connectivity index (χ2v) is 6.38. The summed E-state index contributed by atoms with van der Waals surface area (Å²) in [6.07, 6.45) is 2.60. The Labute approximate surface area is 162 Å².